The van der Waals surface area contributed by atoms with E-state index in [-0.39, 0.29) is 5.91 Å². The van der Waals surface area contributed by atoms with Gasteiger partial charge in [0.25, 0.3) is 5.91 Å². The van der Waals surface area contributed by atoms with Gasteiger partial charge in [0, 0.05) is 20.6 Å². The Bertz CT molecular complexity index is 579. The first-order chi connectivity index (χ1) is 12.3. The maximum Gasteiger partial charge on any atom is 0.303 e. The lowest BCUT2D eigenvalue weighted by atomic mass is 10.1. The van der Waals surface area contributed by atoms with Crippen molar-refractivity contribution in [3.05, 3.63) is 35.5 Å². The van der Waals surface area contributed by atoms with Crippen molar-refractivity contribution in [1.29, 1.82) is 0 Å². The fourth-order valence-electron chi connectivity index (χ4n) is 2.91. The summed E-state index contributed by atoms with van der Waals surface area (Å²) in [5.74, 6) is -0.910. The number of likely N-dealkylation sites (tertiary alicyclic amines) is 1. The second kappa shape index (κ2) is 10.9. The smallest absolute Gasteiger partial charge is 0.303 e. The molecule has 0 radical (unpaired) electrons. The van der Waals surface area contributed by atoms with Gasteiger partial charge in [0.15, 0.2) is 12.3 Å². The minimum Gasteiger partial charge on any atom is -0.448 e. The first kappa shape index (κ1) is 22.1. The van der Waals surface area contributed by atoms with Crippen LogP contribution in [0.5, 0.6) is 0 Å². The number of carbonyl (C=O) groups excluding carboxylic acids is 2. The normalized spacial score (nSPS) is 22.8. The zero-order valence-corrected chi connectivity index (χ0v) is 16.4. The molecule has 0 spiro atoms. The molecule has 1 rings (SSSR count). The summed E-state index contributed by atoms with van der Waals surface area (Å²) >= 11 is 0. The molecule has 1 aliphatic heterocycles. The molecule has 1 heterocycles. The number of rotatable bonds is 8. The van der Waals surface area contributed by atoms with Gasteiger partial charge in [0.1, 0.15) is 6.10 Å². The molecular formula is C20H31NO5. The third kappa shape index (κ3) is 6.77. The van der Waals surface area contributed by atoms with Crippen LogP contribution in [0.1, 0.15) is 47.0 Å². The number of amides is 1. The molecule has 1 aliphatic rings. The van der Waals surface area contributed by atoms with Crippen molar-refractivity contribution >= 4 is 11.9 Å². The van der Waals surface area contributed by atoms with Crippen LogP contribution in [0, 0.1) is 0 Å². The third-order valence-corrected chi connectivity index (χ3v) is 4.15. The molecule has 0 aliphatic carbocycles. The monoisotopic (exact) mass is 365 g/mol. The van der Waals surface area contributed by atoms with Gasteiger partial charge in [0.2, 0.25) is 0 Å². The Kier molecular flexibility index (Phi) is 9.30. The van der Waals surface area contributed by atoms with E-state index in [1.807, 2.05) is 26.0 Å². The van der Waals surface area contributed by atoms with Crippen molar-refractivity contribution in [3.8, 4) is 0 Å². The van der Waals surface area contributed by atoms with E-state index in [4.69, 9.17) is 9.47 Å². The van der Waals surface area contributed by atoms with Crippen LogP contribution in [0.4, 0.5) is 0 Å². The van der Waals surface area contributed by atoms with E-state index < -0.39 is 24.4 Å². The molecule has 0 aromatic heterocycles. The van der Waals surface area contributed by atoms with Gasteiger partial charge in [-0.1, -0.05) is 36.3 Å². The van der Waals surface area contributed by atoms with Gasteiger partial charge in [-0.2, -0.15) is 0 Å². The zero-order valence-electron chi connectivity index (χ0n) is 16.4. The molecule has 0 aromatic carbocycles. The maximum absolute atomic E-state index is 12.8. The molecular weight excluding hydrogens is 334 g/mol. The number of allylic oxidation sites excluding steroid dienone is 5. The van der Waals surface area contributed by atoms with Gasteiger partial charge < -0.3 is 19.5 Å². The SMILES string of the molecule is CC/C=C(C)/C=C/C/C(C)=C/[C@H](OC(C)=O)C(=O)N1CC[C@@H](O)[C@@H]1OC. The molecule has 1 saturated heterocycles. The number of nitrogens with zero attached hydrogens (tertiary/aromatic N) is 1. The van der Waals surface area contributed by atoms with Crippen molar-refractivity contribution in [2.75, 3.05) is 13.7 Å². The maximum atomic E-state index is 12.8. The molecule has 6 nitrogen and oxygen atoms in total. The Morgan fingerprint density at radius 1 is 1.31 bits per heavy atom. The molecule has 1 amide bonds. The predicted octanol–water partition coefficient (Wildman–Crippen LogP) is 2.73. The average molecular weight is 365 g/mol. The van der Waals surface area contributed by atoms with Gasteiger partial charge in [-0.15, -0.1) is 0 Å². The number of methoxy groups -OCH3 is 1. The summed E-state index contributed by atoms with van der Waals surface area (Å²) in [5, 5.41) is 9.91. The molecule has 0 saturated carbocycles. The van der Waals surface area contributed by atoms with Crippen molar-refractivity contribution in [2.45, 2.75) is 65.4 Å². The Morgan fingerprint density at radius 2 is 2.00 bits per heavy atom. The van der Waals surface area contributed by atoms with Gasteiger partial charge in [-0.25, -0.2) is 0 Å². The summed E-state index contributed by atoms with van der Waals surface area (Å²) in [5.41, 5.74) is 2.10. The fraction of sp³-hybridized carbons (Fsp3) is 0.600. The number of hydrogen-bond donors (Lipinski definition) is 1. The number of hydrogen-bond acceptors (Lipinski definition) is 5. The van der Waals surface area contributed by atoms with Gasteiger partial charge in [-0.05, 0) is 39.2 Å². The molecule has 0 bridgehead atoms. The number of aliphatic hydroxyl groups is 1. The summed E-state index contributed by atoms with van der Waals surface area (Å²) in [6, 6.07) is 0. The summed E-state index contributed by atoms with van der Waals surface area (Å²) < 4.78 is 10.4. The highest BCUT2D eigenvalue weighted by Crippen LogP contribution is 2.21. The lowest BCUT2D eigenvalue weighted by molar-refractivity contribution is -0.162. The minimum atomic E-state index is -1.02. The number of ether oxygens (including phenoxy) is 2. The first-order valence-corrected chi connectivity index (χ1v) is 8.99. The van der Waals surface area contributed by atoms with E-state index in [0.29, 0.717) is 19.4 Å². The van der Waals surface area contributed by atoms with Crippen LogP contribution in [-0.4, -0.2) is 54.0 Å². The van der Waals surface area contributed by atoms with E-state index in [0.717, 1.165) is 12.0 Å². The van der Waals surface area contributed by atoms with E-state index in [9.17, 15) is 14.7 Å². The standard InChI is InChI=1S/C20H31NO5/c1-6-8-14(2)9-7-10-15(3)13-18(26-16(4)22)19(24)21-12-11-17(23)20(21)25-5/h7-9,13,17-18,20,23H,6,10-12H2,1-5H3/b9-7+,14-8+,15-13+/t17-,18+,20+/m1/s1. The lowest BCUT2D eigenvalue weighted by Gasteiger charge is -2.27. The predicted molar refractivity (Wildman–Crippen MR) is 100 cm³/mol. The van der Waals surface area contributed by atoms with Crippen LogP contribution in [0.25, 0.3) is 0 Å². The Morgan fingerprint density at radius 3 is 2.58 bits per heavy atom. The molecule has 146 valence electrons. The zero-order chi connectivity index (χ0) is 19.7. The van der Waals surface area contributed by atoms with E-state index in [2.05, 4.69) is 13.0 Å². The van der Waals surface area contributed by atoms with Crippen molar-refractivity contribution < 1.29 is 24.2 Å². The number of carbonyl (C=O) groups is 2. The Balaban J connectivity index is 2.87. The van der Waals surface area contributed by atoms with Crippen LogP contribution in [0.15, 0.2) is 35.5 Å². The minimum absolute atomic E-state index is 0.365. The third-order valence-electron chi connectivity index (χ3n) is 4.15. The summed E-state index contributed by atoms with van der Waals surface area (Å²) in [7, 11) is 1.44. The molecule has 3 atom stereocenters. The van der Waals surface area contributed by atoms with Crippen LogP contribution in [0.2, 0.25) is 0 Å². The molecule has 1 fully saturated rings. The van der Waals surface area contributed by atoms with Gasteiger partial charge in [-0.3, -0.25) is 9.59 Å². The summed E-state index contributed by atoms with van der Waals surface area (Å²) in [4.78, 5) is 25.6. The van der Waals surface area contributed by atoms with E-state index in [1.165, 1.54) is 24.5 Å². The van der Waals surface area contributed by atoms with E-state index >= 15 is 0 Å². The fourth-order valence-corrected chi connectivity index (χ4v) is 2.91. The molecule has 1 N–H and O–H groups in total. The second-order valence-corrected chi connectivity index (χ2v) is 6.52. The highest BCUT2D eigenvalue weighted by Gasteiger charge is 2.39. The van der Waals surface area contributed by atoms with Crippen molar-refractivity contribution in [1.82, 2.24) is 4.90 Å². The molecule has 6 heteroatoms. The second-order valence-electron chi connectivity index (χ2n) is 6.52. The topological polar surface area (TPSA) is 76.1 Å². The van der Waals surface area contributed by atoms with Crippen LogP contribution in [0.3, 0.4) is 0 Å². The molecule has 0 unspecified atom stereocenters. The average Bonchev–Trinajstić information content (AvgIpc) is 2.94. The highest BCUT2D eigenvalue weighted by molar-refractivity contribution is 5.85. The van der Waals surface area contributed by atoms with Crippen LogP contribution < -0.4 is 0 Å². The van der Waals surface area contributed by atoms with Crippen molar-refractivity contribution in [3.63, 3.8) is 0 Å². The first-order valence-electron chi connectivity index (χ1n) is 8.99. The Labute approximate surface area is 156 Å². The van der Waals surface area contributed by atoms with Crippen LogP contribution in [-0.2, 0) is 19.1 Å². The quantitative estimate of drug-likeness (QED) is 0.407. The van der Waals surface area contributed by atoms with E-state index in [1.54, 1.807) is 6.08 Å². The largest absolute Gasteiger partial charge is 0.448 e. The number of esters is 1. The number of aliphatic hydroxyl groups excluding tert-OH is 1. The molecule has 0 aromatic rings. The van der Waals surface area contributed by atoms with Gasteiger partial charge in [0.05, 0.1) is 0 Å². The molecule has 26 heavy (non-hydrogen) atoms. The lowest BCUT2D eigenvalue weighted by Crippen LogP contribution is -2.46. The van der Waals surface area contributed by atoms with Crippen molar-refractivity contribution in [2.24, 2.45) is 0 Å². The highest BCUT2D eigenvalue weighted by atomic mass is 16.5. The Hall–Kier alpha value is -1.92. The van der Waals surface area contributed by atoms with Gasteiger partial charge >= 0.3 is 5.97 Å². The van der Waals surface area contributed by atoms with Crippen LogP contribution >= 0.6 is 0 Å². The summed E-state index contributed by atoms with van der Waals surface area (Å²) in [6.07, 6.45) is 7.43. The summed E-state index contributed by atoms with van der Waals surface area (Å²) in [6.45, 7) is 7.65.